The summed E-state index contributed by atoms with van der Waals surface area (Å²) in [7, 11) is 0. The van der Waals surface area contributed by atoms with Crippen LogP contribution in [0.3, 0.4) is 0 Å². The van der Waals surface area contributed by atoms with Crippen LogP contribution in [0.1, 0.15) is 0 Å². The van der Waals surface area contributed by atoms with Crippen LogP contribution in [0.5, 0.6) is 5.75 Å². The average molecular weight is 350 g/mol. The van der Waals surface area contributed by atoms with Gasteiger partial charge in [0.2, 0.25) is 11.1 Å². The Morgan fingerprint density at radius 1 is 1.50 bits per heavy atom. The molecule has 2 aromatic rings. The van der Waals surface area contributed by atoms with Gasteiger partial charge in [-0.3, -0.25) is 0 Å². The number of nitrogens with two attached hydrogens (primary N) is 1. The molecular formula is C10H10BrClN4OS. The lowest BCUT2D eigenvalue weighted by Gasteiger charge is -2.07. The van der Waals surface area contributed by atoms with E-state index in [4.69, 9.17) is 22.1 Å². The fourth-order valence-corrected chi connectivity index (χ4v) is 2.62. The molecule has 0 aliphatic rings. The van der Waals surface area contributed by atoms with Crippen molar-refractivity contribution in [2.24, 2.45) is 0 Å². The van der Waals surface area contributed by atoms with Crippen LogP contribution in [-0.4, -0.2) is 27.5 Å². The first kappa shape index (κ1) is 13.5. The Morgan fingerprint density at radius 3 is 3.00 bits per heavy atom. The molecule has 2 rings (SSSR count). The second-order valence-corrected chi connectivity index (χ2v) is 5.63. The fraction of sp³-hybridized carbons (Fsp3) is 0.200. The molecule has 5 nitrogen and oxygen atoms in total. The van der Waals surface area contributed by atoms with E-state index in [9.17, 15) is 0 Å². The number of nitrogens with zero attached hydrogens (tertiary/aromatic N) is 2. The normalized spacial score (nSPS) is 10.6. The first-order valence-electron chi connectivity index (χ1n) is 5.03. The van der Waals surface area contributed by atoms with Gasteiger partial charge in [0.15, 0.2) is 0 Å². The van der Waals surface area contributed by atoms with Gasteiger partial charge in [-0.1, -0.05) is 23.4 Å². The molecule has 0 bridgehead atoms. The van der Waals surface area contributed by atoms with E-state index >= 15 is 0 Å². The maximum absolute atomic E-state index is 5.84. The van der Waals surface area contributed by atoms with E-state index in [0.29, 0.717) is 22.7 Å². The summed E-state index contributed by atoms with van der Waals surface area (Å²) >= 11 is 10.7. The van der Waals surface area contributed by atoms with Gasteiger partial charge in [0.25, 0.3) is 0 Å². The predicted octanol–water partition coefficient (Wildman–Crippen LogP) is 2.97. The van der Waals surface area contributed by atoms with E-state index in [0.717, 1.165) is 16.0 Å². The number of anilines is 1. The molecule has 96 valence electrons. The molecule has 1 heterocycles. The first-order chi connectivity index (χ1) is 8.65. The highest BCUT2D eigenvalue weighted by Gasteiger charge is 2.03. The monoisotopic (exact) mass is 348 g/mol. The second kappa shape index (κ2) is 6.31. The van der Waals surface area contributed by atoms with Crippen LogP contribution in [0.2, 0.25) is 5.02 Å². The van der Waals surface area contributed by atoms with Crippen molar-refractivity contribution in [1.29, 1.82) is 0 Å². The molecule has 1 aromatic heterocycles. The highest BCUT2D eigenvalue weighted by Crippen LogP contribution is 2.28. The Kier molecular flexibility index (Phi) is 4.73. The third-order valence-electron chi connectivity index (χ3n) is 1.95. The largest absolute Gasteiger partial charge is 0.492 e. The summed E-state index contributed by atoms with van der Waals surface area (Å²) < 4.78 is 6.43. The molecule has 8 heteroatoms. The second-order valence-electron chi connectivity index (χ2n) is 3.27. The Morgan fingerprint density at radius 2 is 2.33 bits per heavy atom. The first-order valence-corrected chi connectivity index (χ1v) is 7.19. The smallest absolute Gasteiger partial charge is 0.216 e. The Hall–Kier alpha value is -0.920. The van der Waals surface area contributed by atoms with Crippen molar-refractivity contribution in [2.45, 2.75) is 5.16 Å². The molecule has 0 amide bonds. The molecule has 0 aliphatic heterocycles. The van der Waals surface area contributed by atoms with Crippen LogP contribution in [0.25, 0.3) is 0 Å². The van der Waals surface area contributed by atoms with E-state index in [1.807, 2.05) is 6.07 Å². The number of nitrogens with one attached hydrogen (secondary N) is 1. The van der Waals surface area contributed by atoms with Gasteiger partial charge < -0.3 is 10.5 Å². The summed E-state index contributed by atoms with van der Waals surface area (Å²) in [6, 6.07) is 5.40. The van der Waals surface area contributed by atoms with Crippen LogP contribution in [0.15, 0.2) is 27.8 Å². The molecule has 0 fully saturated rings. The van der Waals surface area contributed by atoms with E-state index in [1.54, 1.807) is 12.1 Å². The van der Waals surface area contributed by atoms with Gasteiger partial charge in [-0.15, -0.1) is 5.10 Å². The third kappa shape index (κ3) is 3.79. The molecule has 18 heavy (non-hydrogen) atoms. The summed E-state index contributed by atoms with van der Waals surface area (Å²) in [5.74, 6) is 1.81. The molecule has 1 aromatic carbocycles. The number of hydrogen-bond donors (Lipinski definition) is 2. The Bertz CT molecular complexity index is 536. The summed E-state index contributed by atoms with van der Waals surface area (Å²) in [6.45, 7) is 0.541. The molecule has 0 spiro atoms. The van der Waals surface area contributed by atoms with E-state index in [-0.39, 0.29) is 0 Å². The molecule has 0 aliphatic carbocycles. The van der Waals surface area contributed by atoms with Crippen molar-refractivity contribution < 1.29 is 4.74 Å². The summed E-state index contributed by atoms with van der Waals surface area (Å²) in [6.07, 6.45) is 0. The number of H-pyrrole nitrogens is 1. The topological polar surface area (TPSA) is 76.8 Å². The van der Waals surface area contributed by atoms with Gasteiger partial charge in [0.05, 0.1) is 11.1 Å². The number of benzene rings is 1. The van der Waals surface area contributed by atoms with Crippen molar-refractivity contribution in [1.82, 2.24) is 15.2 Å². The van der Waals surface area contributed by atoms with E-state index in [2.05, 4.69) is 31.1 Å². The lowest BCUT2D eigenvalue weighted by Crippen LogP contribution is -2.00. The summed E-state index contributed by atoms with van der Waals surface area (Å²) in [5, 5.41) is 7.77. The van der Waals surface area contributed by atoms with Gasteiger partial charge in [-0.05, 0) is 34.1 Å². The van der Waals surface area contributed by atoms with Crippen LogP contribution in [0.4, 0.5) is 5.95 Å². The summed E-state index contributed by atoms with van der Waals surface area (Å²) in [4.78, 5) is 3.98. The maximum Gasteiger partial charge on any atom is 0.216 e. The Labute approximate surface area is 122 Å². The van der Waals surface area contributed by atoms with Crippen LogP contribution >= 0.6 is 39.3 Å². The van der Waals surface area contributed by atoms with Crippen molar-refractivity contribution >= 4 is 45.2 Å². The van der Waals surface area contributed by atoms with Crippen molar-refractivity contribution in [3.63, 3.8) is 0 Å². The molecular weight excluding hydrogens is 340 g/mol. The number of halogens is 2. The highest BCUT2D eigenvalue weighted by molar-refractivity contribution is 9.10. The summed E-state index contributed by atoms with van der Waals surface area (Å²) in [5.41, 5.74) is 5.42. The van der Waals surface area contributed by atoms with Crippen molar-refractivity contribution in [3.8, 4) is 5.75 Å². The molecule has 3 N–H and O–H groups in total. The molecule has 0 saturated carbocycles. The number of aromatic nitrogens is 3. The fourth-order valence-electron chi connectivity index (χ4n) is 1.20. The minimum Gasteiger partial charge on any atom is -0.492 e. The van der Waals surface area contributed by atoms with Crippen molar-refractivity contribution in [3.05, 3.63) is 27.7 Å². The standard InChI is InChI=1S/C10H10BrClN4OS/c11-7-5-6(12)1-2-8(7)17-3-4-18-10-14-9(13)15-16-10/h1-2,5H,3-4H2,(H3,13,14,15,16). The van der Waals surface area contributed by atoms with Crippen LogP contribution < -0.4 is 10.5 Å². The molecule has 0 saturated heterocycles. The van der Waals surface area contributed by atoms with Crippen LogP contribution in [0, 0.1) is 0 Å². The van der Waals surface area contributed by atoms with E-state index in [1.165, 1.54) is 11.8 Å². The minimum atomic E-state index is 0.318. The zero-order valence-corrected chi connectivity index (χ0v) is 12.3. The molecule has 0 radical (unpaired) electrons. The molecule has 0 atom stereocenters. The zero-order valence-electron chi connectivity index (χ0n) is 9.19. The number of aromatic amines is 1. The van der Waals surface area contributed by atoms with Gasteiger partial charge in [-0.25, -0.2) is 5.10 Å². The third-order valence-corrected chi connectivity index (χ3v) is 3.61. The number of thioether (sulfide) groups is 1. The van der Waals surface area contributed by atoms with Crippen molar-refractivity contribution in [2.75, 3.05) is 18.1 Å². The predicted molar refractivity (Wildman–Crippen MR) is 76.2 cm³/mol. The number of rotatable bonds is 5. The Balaban J connectivity index is 1.78. The zero-order chi connectivity index (χ0) is 13.0. The lowest BCUT2D eigenvalue weighted by molar-refractivity contribution is 0.341. The van der Waals surface area contributed by atoms with Gasteiger partial charge in [-0.2, -0.15) is 4.98 Å². The van der Waals surface area contributed by atoms with Gasteiger partial charge in [0, 0.05) is 10.8 Å². The van der Waals surface area contributed by atoms with Gasteiger partial charge >= 0.3 is 0 Å². The lowest BCUT2D eigenvalue weighted by atomic mass is 10.3. The average Bonchev–Trinajstić information content (AvgIpc) is 2.73. The molecule has 0 unspecified atom stereocenters. The minimum absolute atomic E-state index is 0.318. The van der Waals surface area contributed by atoms with E-state index < -0.39 is 0 Å². The number of nitrogen functional groups attached to an aromatic ring is 1. The van der Waals surface area contributed by atoms with Gasteiger partial charge in [0.1, 0.15) is 5.75 Å². The number of hydrogen-bond acceptors (Lipinski definition) is 5. The highest BCUT2D eigenvalue weighted by atomic mass is 79.9. The SMILES string of the molecule is Nc1nc(SCCOc2ccc(Cl)cc2Br)n[nH]1. The van der Waals surface area contributed by atoms with Crippen LogP contribution in [-0.2, 0) is 0 Å². The number of ether oxygens (including phenoxy) is 1. The maximum atomic E-state index is 5.84. The quantitative estimate of drug-likeness (QED) is 0.641.